The predicted molar refractivity (Wildman–Crippen MR) is 66.1 cm³/mol. The second-order valence-corrected chi connectivity index (χ2v) is 3.79. The van der Waals surface area contributed by atoms with E-state index in [1.54, 1.807) is 24.3 Å². The molecule has 0 aliphatic rings. The van der Waals surface area contributed by atoms with E-state index in [-0.39, 0.29) is 17.3 Å². The van der Waals surface area contributed by atoms with Crippen LogP contribution >= 0.6 is 0 Å². The number of ketones is 1. The molecule has 0 aliphatic heterocycles. The molecule has 0 spiro atoms. The summed E-state index contributed by atoms with van der Waals surface area (Å²) >= 11 is 0. The predicted octanol–water partition coefficient (Wildman–Crippen LogP) is 2.04. The Kier molecular flexibility index (Phi) is 2.30. The summed E-state index contributed by atoms with van der Waals surface area (Å²) in [7, 11) is 0. The van der Waals surface area contributed by atoms with E-state index in [0.717, 1.165) is 0 Å². The van der Waals surface area contributed by atoms with Crippen LogP contribution in [0.5, 0.6) is 0 Å². The third-order valence-corrected chi connectivity index (χ3v) is 2.68. The Balaban J connectivity index is 2.16. The van der Waals surface area contributed by atoms with Crippen LogP contribution in [0.15, 0.2) is 47.1 Å². The van der Waals surface area contributed by atoms with E-state index in [9.17, 15) is 4.79 Å². The van der Waals surface area contributed by atoms with E-state index in [1.807, 2.05) is 12.1 Å². The van der Waals surface area contributed by atoms with Gasteiger partial charge in [0, 0.05) is 6.20 Å². The summed E-state index contributed by atoms with van der Waals surface area (Å²) in [5.41, 5.74) is 6.84. The number of fused-ring (bicyclic) bond motifs is 1. The van der Waals surface area contributed by atoms with Gasteiger partial charge in [-0.1, -0.05) is 17.3 Å². The Hall–Kier alpha value is -2.69. The largest absolute Gasteiger partial charge is 0.383 e. The van der Waals surface area contributed by atoms with Gasteiger partial charge in [-0.05, 0) is 24.3 Å². The molecule has 0 fully saturated rings. The Morgan fingerprint density at radius 2 is 2.00 bits per heavy atom. The number of hydrogen-bond donors (Lipinski definition) is 1. The van der Waals surface area contributed by atoms with E-state index >= 15 is 0 Å². The number of para-hydroxylation sites is 1. The van der Waals surface area contributed by atoms with Crippen LogP contribution in [0.25, 0.3) is 11.0 Å². The Bertz CT molecular complexity index is 734. The van der Waals surface area contributed by atoms with Crippen molar-refractivity contribution in [1.82, 2.24) is 10.1 Å². The molecule has 3 aromatic rings. The number of benzene rings is 1. The summed E-state index contributed by atoms with van der Waals surface area (Å²) in [5.74, 6) is -0.0971. The highest BCUT2D eigenvalue weighted by molar-refractivity contribution is 6.16. The lowest BCUT2D eigenvalue weighted by Crippen LogP contribution is -2.07. The van der Waals surface area contributed by atoms with Gasteiger partial charge < -0.3 is 10.3 Å². The van der Waals surface area contributed by atoms with Crippen LogP contribution in [0.3, 0.4) is 0 Å². The van der Waals surface area contributed by atoms with Gasteiger partial charge >= 0.3 is 0 Å². The maximum absolute atomic E-state index is 12.3. The highest BCUT2D eigenvalue weighted by Crippen LogP contribution is 2.21. The minimum Gasteiger partial charge on any atom is -0.383 e. The molecule has 2 heterocycles. The molecule has 1 aromatic carbocycles. The maximum atomic E-state index is 12.3. The van der Waals surface area contributed by atoms with Crippen LogP contribution in [-0.4, -0.2) is 15.9 Å². The van der Waals surface area contributed by atoms with E-state index in [1.165, 1.54) is 6.20 Å². The molecule has 0 bridgehead atoms. The van der Waals surface area contributed by atoms with Gasteiger partial charge in [0.15, 0.2) is 11.3 Å². The lowest BCUT2D eigenvalue weighted by molar-refractivity contribution is 0.103. The Morgan fingerprint density at radius 1 is 1.17 bits per heavy atom. The first-order valence-electron chi connectivity index (χ1n) is 5.37. The molecule has 88 valence electrons. The van der Waals surface area contributed by atoms with Crippen molar-refractivity contribution in [3.63, 3.8) is 0 Å². The average Bonchev–Trinajstić information content (AvgIpc) is 2.82. The average molecular weight is 239 g/mol. The molecule has 0 saturated carbocycles. The normalized spacial score (nSPS) is 10.7. The summed E-state index contributed by atoms with van der Waals surface area (Å²) in [6.45, 7) is 0. The first-order chi connectivity index (χ1) is 8.77. The number of aromatic nitrogens is 2. The molecule has 0 amide bonds. The van der Waals surface area contributed by atoms with Crippen LogP contribution < -0.4 is 5.73 Å². The van der Waals surface area contributed by atoms with Crippen LogP contribution in [-0.2, 0) is 0 Å². The zero-order chi connectivity index (χ0) is 12.5. The van der Waals surface area contributed by atoms with Gasteiger partial charge in [0.05, 0.1) is 10.9 Å². The monoisotopic (exact) mass is 239 g/mol. The Morgan fingerprint density at radius 3 is 2.83 bits per heavy atom. The van der Waals surface area contributed by atoms with Crippen molar-refractivity contribution in [2.75, 3.05) is 5.73 Å². The van der Waals surface area contributed by atoms with Crippen molar-refractivity contribution in [3.8, 4) is 0 Å². The van der Waals surface area contributed by atoms with Gasteiger partial charge in [0.2, 0.25) is 5.78 Å². The van der Waals surface area contributed by atoms with E-state index in [2.05, 4.69) is 10.1 Å². The number of carbonyl (C=O) groups is 1. The number of pyridine rings is 1. The van der Waals surface area contributed by atoms with Crippen molar-refractivity contribution in [3.05, 3.63) is 53.9 Å². The molecular weight excluding hydrogens is 230 g/mol. The van der Waals surface area contributed by atoms with Crippen LogP contribution in [0.4, 0.5) is 5.82 Å². The summed E-state index contributed by atoms with van der Waals surface area (Å²) in [6, 6.07) is 10.5. The van der Waals surface area contributed by atoms with Gasteiger partial charge in [-0.15, -0.1) is 0 Å². The minimum absolute atomic E-state index is 0.189. The zero-order valence-corrected chi connectivity index (χ0v) is 9.33. The molecule has 2 aromatic heterocycles. The third kappa shape index (κ3) is 1.53. The van der Waals surface area contributed by atoms with Gasteiger partial charge in [-0.25, -0.2) is 4.98 Å². The first kappa shape index (κ1) is 10.5. The number of hydrogen-bond acceptors (Lipinski definition) is 5. The fourth-order valence-corrected chi connectivity index (χ4v) is 1.79. The number of nitrogen functional groups attached to an aromatic ring is 1. The van der Waals surface area contributed by atoms with Crippen LogP contribution in [0.1, 0.15) is 16.1 Å². The summed E-state index contributed by atoms with van der Waals surface area (Å²) < 4.78 is 5.10. The quantitative estimate of drug-likeness (QED) is 0.692. The SMILES string of the molecule is Nc1ncccc1C(=O)c1noc2ccccc12. The second-order valence-electron chi connectivity index (χ2n) is 3.79. The molecule has 5 nitrogen and oxygen atoms in total. The number of nitrogens with zero attached hydrogens (tertiary/aromatic N) is 2. The zero-order valence-electron chi connectivity index (χ0n) is 9.33. The molecule has 0 unspecified atom stereocenters. The molecular formula is C13H9N3O2. The smallest absolute Gasteiger partial charge is 0.219 e. The molecule has 0 saturated heterocycles. The number of nitrogens with two attached hydrogens (primary N) is 1. The topological polar surface area (TPSA) is 82.0 Å². The lowest BCUT2D eigenvalue weighted by atomic mass is 10.1. The number of anilines is 1. The van der Waals surface area contributed by atoms with Crippen molar-refractivity contribution in [2.45, 2.75) is 0 Å². The van der Waals surface area contributed by atoms with Gasteiger partial charge in [0.1, 0.15) is 5.82 Å². The molecule has 18 heavy (non-hydrogen) atoms. The highest BCUT2D eigenvalue weighted by Gasteiger charge is 2.19. The van der Waals surface area contributed by atoms with Crippen molar-refractivity contribution in [1.29, 1.82) is 0 Å². The van der Waals surface area contributed by atoms with Crippen molar-refractivity contribution >= 4 is 22.6 Å². The van der Waals surface area contributed by atoms with Gasteiger partial charge in [-0.3, -0.25) is 4.79 Å². The molecule has 0 atom stereocenters. The van der Waals surface area contributed by atoms with Crippen molar-refractivity contribution < 1.29 is 9.32 Å². The van der Waals surface area contributed by atoms with Crippen LogP contribution in [0, 0.1) is 0 Å². The van der Waals surface area contributed by atoms with Crippen molar-refractivity contribution in [2.24, 2.45) is 0 Å². The van der Waals surface area contributed by atoms with Crippen LogP contribution in [0.2, 0.25) is 0 Å². The first-order valence-corrected chi connectivity index (χ1v) is 5.37. The fourth-order valence-electron chi connectivity index (χ4n) is 1.79. The van der Waals surface area contributed by atoms with E-state index in [0.29, 0.717) is 16.5 Å². The summed E-state index contributed by atoms with van der Waals surface area (Å²) in [6.07, 6.45) is 1.53. The van der Waals surface area contributed by atoms with E-state index < -0.39 is 0 Å². The maximum Gasteiger partial charge on any atom is 0.219 e. The van der Waals surface area contributed by atoms with Gasteiger partial charge in [0.25, 0.3) is 0 Å². The second kappa shape index (κ2) is 3.96. The third-order valence-electron chi connectivity index (χ3n) is 2.68. The Labute approximate surface area is 102 Å². The molecule has 2 N–H and O–H groups in total. The number of rotatable bonds is 2. The van der Waals surface area contributed by atoms with E-state index in [4.69, 9.17) is 10.3 Å². The lowest BCUT2D eigenvalue weighted by Gasteiger charge is -2.00. The summed E-state index contributed by atoms with van der Waals surface area (Å²) in [5, 5.41) is 4.48. The highest BCUT2D eigenvalue weighted by atomic mass is 16.5. The minimum atomic E-state index is -0.287. The molecule has 3 rings (SSSR count). The standard InChI is InChI=1S/C13H9N3O2/c14-13-9(5-3-7-15-13)12(17)11-8-4-1-2-6-10(8)18-16-11/h1-7H,(H2,14,15). The fraction of sp³-hybridized carbons (Fsp3) is 0. The molecule has 0 radical (unpaired) electrons. The number of carbonyl (C=O) groups excluding carboxylic acids is 1. The molecule has 0 aliphatic carbocycles. The van der Waals surface area contributed by atoms with Gasteiger partial charge in [-0.2, -0.15) is 0 Å². The summed E-state index contributed by atoms with van der Waals surface area (Å²) in [4.78, 5) is 16.2. The molecule has 5 heteroatoms.